The number of carbonyl (C=O) groups excluding carboxylic acids is 2. The van der Waals surface area contributed by atoms with Crippen molar-refractivity contribution in [1.29, 1.82) is 0 Å². The number of rotatable bonds is 6. The average molecular weight is 488 g/mol. The fraction of sp³-hybridized carbons (Fsp3) is 0.481. The number of carbonyl (C=O) groups is 2. The molecule has 1 aliphatic heterocycles. The van der Waals surface area contributed by atoms with Gasteiger partial charge in [-0.2, -0.15) is 4.98 Å². The van der Waals surface area contributed by atoms with Crippen LogP contribution < -0.4 is 5.32 Å². The third-order valence-electron chi connectivity index (χ3n) is 8.22. The monoisotopic (exact) mass is 487 g/mol. The summed E-state index contributed by atoms with van der Waals surface area (Å²) < 4.78 is 2.16. The molecule has 7 rings (SSSR count). The van der Waals surface area contributed by atoms with E-state index < -0.39 is 0 Å². The van der Waals surface area contributed by atoms with Crippen LogP contribution in [0.3, 0.4) is 0 Å². The zero-order valence-corrected chi connectivity index (χ0v) is 21.4. The molecule has 188 valence electrons. The Morgan fingerprint density at radius 3 is 2.39 bits per heavy atom. The Labute approximate surface area is 211 Å². The minimum absolute atomic E-state index is 0.0117. The van der Waals surface area contributed by atoms with E-state index >= 15 is 0 Å². The summed E-state index contributed by atoms with van der Waals surface area (Å²) in [6.45, 7) is 1.55. The van der Waals surface area contributed by atoms with Crippen molar-refractivity contribution in [2.45, 2.75) is 37.3 Å². The first kappa shape index (κ1) is 23.0. The third kappa shape index (κ3) is 3.64. The van der Waals surface area contributed by atoms with Crippen LogP contribution in [0.1, 0.15) is 46.5 Å². The molecule has 3 aromatic rings. The van der Waals surface area contributed by atoms with Crippen molar-refractivity contribution in [3.05, 3.63) is 47.8 Å². The summed E-state index contributed by atoms with van der Waals surface area (Å²) >= 11 is 0. The molecule has 2 amide bonds. The molecule has 3 aliphatic carbocycles. The summed E-state index contributed by atoms with van der Waals surface area (Å²) in [7, 11) is 7.68. The molecule has 2 aromatic heterocycles. The summed E-state index contributed by atoms with van der Waals surface area (Å²) in [4.78, 5) is 41.0. The molecule has 2 bridgehead atoms. The van der Waals surface area contributed by atoms with Gasteiger partial charge in [0.15, 0.2) is 0 Å². The summed E-state index contributed by atoms with van der Waals surface area (Å²) in [5.41, 5.74) is 2.99. The van der Waals surface area contributed by atoms with Gasteiger partial charge in [0, 0.05) is 61.6 Å². The topological polar surface area (TPSA) is 86.6 Å². The molecule has 1 aromatic carbocycles. The van der Waals surface area contributed by atoms with Crippen LogP contribution in [0, 0.1) is 5.92 Å². The molecule has 0 spiro atoms. The molecular weight excluding hydrogens is 454 g/mol. The number of nitrogens with zero attached hydrogens (tertiary/aromatic N) is 6. The summed E-state index contributed by atoms with van der Waals surface area (Å²) in [5, 5.41) is 4.15. The highest BCUT2D eigenvalue weighted by atomic mass is 16.2. The standard InChI is InChI=1S/C27H33N7O2/c1-31(2)21-9-10-33(16-21)24(35)18-5-7-20(8-6-18)29-26-28-15-19-11-22(25(36)32(3)4)34(23(19)30-26)27-12-17(13-27)14-27/h5-8,11,15,17,21H,9-10,12-14,16H2,1-4H3,(H,28,29,30). The van der Waals surface area contributed by atoms with Gasteiger partial charge in [-0.05, 0) is 76.0 Å². The van der Waals surface area contributed by atoms with Gasteiger partial charge in [-0.15, -0.1) is 0 Å². The molecule has 36 heavy (non-hydrogen) atoms. The molecule has 3 saturated carbocycles. The average Bonchev–Trinajstić information content (AvgIpc) is 3.43. The van der Waals surface area contributed by atoms with E-state index in [0.717, 1.165) is 61.4 Å². The summed E-state index contributed by atoms with van der Waals surface area (Å²) in [6, 6.07) is 9.82. The Kier molecular flexibility index (Phi) is 5.29. The van der Waals surface area contributed by atoms with E-state index in [1.807, 2.05) is 35.2 Å². The van der Waals surface area contributed by atoms with Gasteiger partial charge >= 0.3 is 0 Å². The highest BCUT2D eigenvalue weighted by Gasteiger charge is 2.59. The Bertz CT molecular complexity index is 1330. The van der Waals surface area contributed by atoms with E-state index in [1.54, 1.807) is 25.2 Å². The maximum atomic E-state index is 13.0. The minimum atomic E-state index is -0.0117. The van der Waals surface area contributed by atoms with E-state index in [-0.39, 0.29) is 17.4 Å². The second-order valence-corrected chi connectivity index (χ2v) is 11.1. The van der Waals surface area contributed by atoms with Crippen molar-refractivity contribution in [3.63, 3.8) is 0 Å². The number of nitrogens with one attached hydrogen (secondary N) is 1. The van der Waals surface area contributed by atoms with Crippen LogP contribution >= 0.6 is 0 Å². The van der Waals surface area contributed by atoms with Crippen molar-refractivity contribution >= 4 is 34.5 Å². The van der Waals surface area contributed by atoms with Crippen molar-refractivity contribution in [1.82, 2.24) is 29.2 Å². The van der Waals surface area contributed by atoms with Crippen LogP contribution in [0.15, 0.2) is 36.5 Å². The quantitative estimate of drug-likeness (QED) is 0.575. The summed E-state index contributed by atoms with van der Waals surface area (Å²) in [5.74, 6) is 1.31. The maximum absolute atomic E-state index is 13.0. The van der Waals surface area contributed by atoms with Crippen molar-refractivity contribution in [2.75, 3.05) is 46.6 Å². The van der Waals surface area contributed by atoms with Gasteiger partial charge in [0.25, 0.3) is 11.8 Å². The lowest BCUT2D eigenvalue weighted by atomic mass is 9.49. The van der Waals surface area contributed by atoms with Gasteiger partial charge in [-0.3, -0.25) is 9.59 Å². The largest absolute Gasteiger partial charge is 0.343 e. The number of aromatic nitrogens is 3. The smallest absolute Gasteiger partial charge is 0.270 e. The van der Waals surface area contributed by atoms with E-state index in [0.29, 0.717) is 23.2 Å². The van der Waals surface area contributed by atoms with Crippen LogP contribution in [-0.4, -0.2) is 88.4 Å². The number of fused-ring (bicyclic) bond motifs is 1. The second kappa shape index (κ2) is 8.30. The fourth-order valence-electron chi connectivity index (χ4n) is 5.98. The van der Waals surface area contributed by atoms with Gasteiger partial charge in [-0.1, -0.05) is 0 Å². The zero-order valence-electron chi connectivity index (χ0n) is 21.4. The molecule has 4 fully saturated rings. The second-order valence-electron chi connectivity index (χ2n) is 11.1. The predicted octanol–water partition coefficient (Wildman–Crippen LogP) is 3.16. The SMILES string of the molecule is CN(C)C(=O)c1cc2cnc(Nc3ccc(C(=O)N4CCC(N(C)C)C4)cc3)nc2n1C12CC(C1)C2. The molecule has 1 N–H and O–H groups in total. The Hall–Kier alpha value is -3.46. The van der Waals surface area contributed by atoms with Crippen LogP contribution in [0.2, 0.25) is 0 Å². The molecular formula is C27H33N7O2. The van der Waals surface area contributed by atoms with E-state index in [1.165, 1.54) is 0 Å². The minimum Gasteiger partial charge on any atom is -0.343 e. The number of benzene rings is 1. The molecule has 9 heteroatoms. The van der Waals surface area contributed by atoms with Gasteiger partial charge in [0.1, 0.15) is 11.3 Å². The molecule has 4 aliphatic rings. The molecule has 9 nitrogen and oxygen atoms in total. The Balaban J connectivity index is 1.23. The lowest BCUT2D eigenvalue weighted by molar-refractivity contribution is -0.0870. The van der Waals surface area contributed by atoms with Gasteiger partial charge in [0.05, 0.1) is 0 Å². The zero-order chi connectivity index (χ0) is 25.2. The molecule has 1 saturated heterocycles. The van der Waals surface area contributed by atoms with Crippen molar-refractivity contribution in [2.24, 2.45) is 5.92 Å². The van der Waals surface area contributed by atoms with E-state index in [2.05, 4.69) is 33.9 Å². The van der Waals surface area contributed by atoms with Crippen molar-refractivity contribution < 1.29 is 9.59 Å². The first-order chi connectivity index (χ1) is 17.2. The first-order valence-corrected chi connectivity index (χ1v) is 12.7. The Morgan fingerprint density at radius 1 is 1.08 bits per heavy atom. The fourth-order valence-corrected chi connectivity index (χ4v) is 5.98. The van der Waals surface area contributed by atoms with Crippen molar-refractivity contribution in [3.8, 4) is 0 Å². The highest BCUT2D eigenvalue weighted by molar-refractivity contribution is 5.98. The number of likely N-dealkylation sites (tertiary alicyclic amines) is 1. The highest BCUT2D eigenvalue weighted by Crippen LogP contribution is 2.63. The van der Waals surface area contributed by atoms with Gasteiger partial charge in [-0.25, -0.2) is 4.98 Å². The number of amides is 2. The first-order valence-electron chi connectivity index (χ1n) is 12.7. The number of hydrogen-bond donors (Lipinski definition) is 1. The van der Waals surface area contributed by atoms with Crippen LogP contribution in [-0.2, 0) is 5.54 Å². The van der Waals surface area contributed by atoms with Crippen LogP contribution in [0.4, 0.5) is 11.6 Å². The molecule has 1 atom stereocenters. The maximum Gasteiger partial charge on any atom is 0.270 e. The summed E-state index contributed by atoms with van der Waals surface area (Å²) in [6.07, 6.45) is 6.12. The number of anilines is 2. The van der Waals surface area contributed by atoms with E-state index in [9.17, 15) is 9.59 Å². The van der Waals surface area contributed by atoms with Crippen LogP contribution in [0.5, 0.6) is 0 Å². The van der Waals surface area contributed by atoms with E-state index in [4.69, 9.17) is 4.98 Å². The molecule has 0 radical (unpaired) electrons. The van der Waals surface area contributed by atoms with Crippen LogP contribution in [0.25, 0.3) is 11.0 Å². The third-order valence-corrected chi connectivity index (χ3v) is 8.22. The number of likely N-dealkylation sites (N-methyl/N-ethyl adjacent to an activating group) is 1. The number of hydrogen-bond acceptors (Lipinski definition) is 6. The molecule has 3 heterocycles. The Morgan fingerprint density at radius 2 is 1.81 bits per heavy atom. The van der Waals surface area contributed by atoms with Gasteiger partial charge < -0.3 is 24.6 Å². The lowest BCUT2D eigenvalue weighted by Crippen LogP contribution is -2.60. The molecule has 1 unspecified atom stereocenters. The normalized spacial score (nSPS) is 24.5. The van der Waals surface area contributed by atoms with Gasteiger partial charge in [0.2, 0.25) is 5.95 Å². The lowest BCUT2D eigenvalue weighted by Gasteiger charge is -2.62. The predicted molar refractivity (Wildman–Crippen MR) is 139 cm³/mol.